The van der Waals surface area contributed by atoms with Gasteiger partial charge in [0.1, 0.15) is 6.54 Å². The maximum absolute atomic E-state index is 12.7. The molecule has 7 heteroatoms. The standard InChI is InChI=1S/C21H24N2O4S/c1-15(24)17-9-5-10-18(13-17)23(28(2,26)27)14-21(25)22-20-12-6-8-16-7-3-4-11-19(16)20/h3-5,7,9-11,13,20H,6,8,12,14H2,1-2H3,(H,22,25)/t20-/m1/s1. The molecule has 28 heavy (non-hydrogen) atoms. The highest BCUT2D eigenvalue weighted by Crippen LogP contribution is 2.29. The summed E-state index contributed by atoms with van der Waals surface area (Å²) in [5.41, 5.74) is 3.00. The highest BCUT2D eigenvalue weighted by Gasteiger charge is 2.25. The van der Waals surface area contributed by atoms with E-state index in [2.05, 4.69) is 11.4 Å². The van der Waals surface area contributed by atoms with Crippen molar-refractivity contribution in [3.05, 3.63) is 65.2 Å². The summed E-state index contributed by atoms with van der Waals surface area (Å²) in [6.07, 6.45) is 3.83. The van der Waals surface area contributed by atoms with Gasteiger partial charge in [-0.1, -0.05) is 36.4 Å². The zero-order valence-electron chi connectivity index (χ0n) is 16.0. The van der Waals surface area contributed by atoms with Gasteiger partial charge < -0.3 is 5.32 Å². The van der Waals surface area contributed by atoms with E-state index in [0.717, 1.165) is 35.4 Å². The fraction of sp³-hybridized carbons (Fsp3) is 0.333. The topological polar surface area (TPSA) is 83.6 Å². The van der Waals surface area contributed by atoms with E-state index in [1.165, 1.54) is 18.6 Å². The number of carbonyl (C=O) groups excluding carboxylic acids is 2. The predicted octanol–water partition coefficient (Wildman–Crippen LogP) is 2.85. The molecule has 0 aliphatic heterocycles. The van der Waals surface area contributed by atoms with E-state index in [-0.39, 0.29) is 24.3 Å². The fourth-order valence-corrected chi connectivity index (χ4v) is 4.40. The molecule has 1 aliphatic carbocycles. The number of nitrogens with one attached hydrogen (secondary N) is 1. The van der Waals surface area contributed by atoms with E-state index < -0.39 is 10.0 Å². The molecule has 0 saturated carbocycles. The van der Waals surface area contributed by atoms with Crippen LogP contribution in [0.15, 0.2) is 48.5 Å². The summed E-state index contributed by atoms with van der Waals surface area (Å²) in [7, 11) is -3.70. The van der Waals surface area contributed by atoms with Gasteiger partial charge in [0.25, 0.3) is 0 Å². The first-order valence-corrected chi connectivity index (χ1v) is 11.1. The summed E-state index contributed by atoms with van der Waals surface area (Å²) in [5, 5.41) is 2.97. The Balaban J connectivity index is 1.80. The van der Waals surface area contributed by atoms with Crippen LogP contribution in [0.5, 0.6) is 0 Å². The molecule has 2 aromatic rings. The number of nitrogens with zero attached hydrogens (tertiary/aromatic N) is 1. The predicted molar refractivity (Wildman–Crippen MR) is 109 cm³/mol. The number of hydrogen-bond acceptors (Lipinski definition) is 4. The van der Waals surface area contributed by atoms with Crippen LogP contribution in [0.25, 0.3) is 0 Å². The third-order valence-corrected chi connectivity index (χ3v) is 6.07. The lowest BCUT2D eigenvalue weighted by Crippen LogP contribution is -2.42. The summed E-state index contributed by atoms with van der Waals surface area (Å²) in [6, 6.07) is 14.2. The zero-order chi connectivity index (χ0) is 20.3. The molecule has 0 saturated heterocycles. The van der Waals surface area contributed by atoms with Crippen LogP contribution in [0.3, 0.4) is 0 Å². The van der Waals surface area contributed by atoms with Crippen LogP contribution in [-0.4, -0.2) is 32.9 Å². The summed E-state index contributed by atoms with van der Waals surface area (Å²) in [4.78, 5) is 24.3. The highest BCUT2D eigenvalue weighted by atomic mass is 32.2. The van der Waals surface area contributed by atoms with Crippen LogP contribution in [0.4, 0.5) is 5.69 Å². The Hall–Kier alpha value is -2.67. The Morgan fingerprint density at radius 2 is 1.89 bits per heavy atom. The van der Waals surface area contributed by atoms with Crippen LogP contribution in [-0.2, 0) is 21.2 Å². The lowest BCUT2D eigenvalue weighted by atomic mass is 9.88. The Kier molecular flexibility index (Phi) is 5.84. The first kappa shape index (κ1) is 20.1. The molecule has 2 aromatic carbocycles. The van der Waals surface area contributed by atoms with Crippen LogP contribution < -0.4 is 9.62 Å². The van der Waals surface area contributed by atoms with Gasteiger partial charge in [0.05, 0.1) is 18.0 Å². The SMILES string of the molecule is CC(=O)c1cccc(N(CC(=O)N[C@@H]2CCCc3ccccc32)S(C)(=O)=O)c1. The van der Waals surface area contributed by atoms with Gasteiger partial charge in [-0.25, -0.2) is 8.42 Å². The molecule has 0 radical (unpaired) electrons. The zero-order valence-corrected chi connectivity index (χ0v) is 16.8. The van der Waals surface area contributed by atoms with Crippen LogP contribution in [0.1, 0.15) is 47.3 Å². The smallest absolute Gasteiger partial charge is 0.241 e. The Morgan fingerprint density at radius 1 is 1.14 bits per heavy atom. The van der Waals surface area contributed by atoms with E-state index in [1.807, 2.05) is 18.2 Å². The molecule has 1 atom stereocenters. The van der Waals surface area contributed by atoms with Gasteiger partial charge in [-0.2, -0.15) is 0 Å². The molecule has 148 valence electrons. The second kappa shape index (κ2) is 8.14. The van der Waals surface area contributed by atoms with Gasteiger partial charge in [0.15, 0.2) is 5.78 Å². The van der Waals surface area contributed by atoms with Gasteiger partial charge >= 0.3 is 0 Å². The fourth-order valence-electron chi connectivity index (χ4n) is 3.55. The number of sulfonamides is 1. The van der Waals surface area contributed by atoms with Gasteiger partial charge in [-0.3, -0.25) is 13.9 Å². The van der Waals surface area contributed by atoms with Gasteiger partial charge in [0.2, 0.25) is 15.9 Å². The monoisotopic (exact) mass is 400 g/mol. The summed E-state index contributed by atoms with van der Waals surface area (Å²) in [5.74, 6) is -0.543. The van der Waals surface area contributed by atoms with Gasteiger partial charge in [0, 0.05) is 5.56 Å². The number of amides is 1. The maximum atomic E-state index is 12.7. The Morgan fingerprint density at radius 3 is 2.61 bits per heavy atom. The molecule has 0 spiro atoms. The number of carbonyl (C=O) groups is 2. The van der Waals surface area contributed by atoms with Gasteiger partial charge in [-0.05, 0) is 49.4 Å². The average molecular weight is 401 g/mol. The Labute approximate surface area is 165 Å². The summed E-state index contributed by atoms with van der Waals surface area (Å²) < 4.78 is 25.6. The molecule has 3 rings (SSSR count). The Bertz CT molecular complexity index is 1000. The molecule has 0 bridgehead atoms. The molecular weight excluding hydrogens is 376 g/mol. The van der Waals surface area contributed by atoms with Crippen molar-refractivity contribution in [2.45, 2.75) is 32.2 Å². The highest BCUT2D eigenvalue weighted by molar-refractivity contribution is 7.92. The molecular formula is C21H24N2O4S. The maximum Gasteiger partial charge on any atom is 0.241 e. The van der Waals surface area contributed by atoms with Crippen LogP contribution in [0.2, 0.25) is 0 Å². The van der Waals surface area contributed by atoms with Crippen LogP contribution in [0, 0.1) is 0 Å². The molecule has 1 N–H and O–H groups in total. The second-order valence-corrected chi connectivity index (χ2v) is 8.99. The molecule has 0 fully saturated rings. The third kappa shape index (κ3) is 4.59. The van der Waals surface area contributed by atoms with Crippen LogP contribution >= 0.6 is 0 Å². The van der Waals surface area contributed by atoms with E-state index >= 15 is 0 Å². The molecule has 6 nitrogen and oxygen atoms in total. The number of Topliss-reactive ketones (excluding diaryl/α,β-unsaturated/α-hetero) is 1. The number of anilines is 1. The largest absolute Gasteiger partial charge is 0.348 e. The number of aryl methyl sites for hydroxylation is 1. The van der Waals surface area contributed by atoms with Crippen molar-refractivity contribution in [1.82, 2.24) is 5.32 Å². The van der Waals surface area contributed by atoms with E-state index in [0.29, 0.717) is 11.3 Å². The first-order chi connectivity index (χ1) is 13.3. The summed E-state index contributed by atoms with van der Waals surface area (Å²) >= 11 is 0. The van der Waals surface area contributed by atoms with Gasteiger partial charge in [-0.15, -0.1) is 0 Å². The number of hydrogen-bond donors (Lipinski definition) is 1. The van der Waals surface area contributed by atoms with Crippen molar-refractivity contribution in [2.75, 3.05) is 17.1 Å². The number of rotatable bonds is 6. The number of fused-ring (bicyclic) bond motifs is 1. The number of benzene rings is 2. The lowest BCUT2D eigenvalue weighted by molar-refractivity contribution is -0.120. The van der Waals surface area contributed by atoms with E-state index in [9.17, 15) is 18.0 Å². The van der Waals surface area contributed by atoms with Crippen molar-refractivity contribution in [2.24, 2.45) is 0 Å². The van der Waals surface area contributed by atoms with Crippen molar-refractivity contribution in [3.8, 4) is 0 Å². The molecule has 0 unspecified atom stereocenters. The minimum Gasteiger partial charge on any atom is -0.348 e. The molecule has 0 aromatic heterocycles. The van der Waals surface area contributed by atoms with E-state index in [4.69, 9.17) is 0 Å². The number of ketones is 1. The molecule has 1 aliphatic rings. The quantitative estimate of drug-likeness (QED) is 0.756. The minimum atomic E-state index is -3.70. The second-order valence-electron chi connectivity index (χ2n) is 7.09. The molecule has 0 heterocycles. The van der Waals surface area contributed by atoms with Crippen molar-refractivity contribution in [1.29, 1.82) is 0 Å². The van der Waals surface area contributed by atoms with E-state index in [1.54, 1.807) is 18.2 Å². The lowest BCUT2D eigenvalue weighted by Gasteiger charge is -2.28. The normalized spacial score (nSPS) is 16.1. The summed E-state index contributed by atoms with van der Waals surface area (Å²) in [6.45, 7) is 1.08. The third-order valence-electron chi connectivity index (χ3n) is 4.93. The van der Waals surface area contributed by atoms with Crippen molar-refractivity contribution < 1.29 is 18.0 Å². The first-order valence-electron chi connectivity index (χ1n) is 9.21. The minimum absolute atomic E-state index is 0.123. The average Bonchev–Trinajstić information content (AvgIpc) is 2.65. The van der Waals surface area contributed by atoms with Crippen molar-refractivity contribution in [3.63, 3.8) is 0 Å². The van der Waals surface area contributed by atoms with Crippen molar-refractivity contribution >= 4 is 27.4 Å². The molecule has 1 amide bonds.